The summed E-state index contributed by atoms with van der Waals surface area (Å²) in [7, 11) is 0. The third kappa shape index (κ3) is 8.17. The molecule has 56 heavy (non-hydrogen) atoms. The molecular formula is C50H46Cl2Hf2Si2. The quantitative estimate of drug-likeness (QED) is 0.146. The van der Waals surface area contributed by atoms with E-state index in [4.69, 9.17) is 0 Å². The van der Waals surface area contributed by atoms with Gasteiger partial charge < -0.3 is 0 Å². The van der Waals surface area contributed by atoms with Crippen molar-refractivity contribution in [3.8, 4) is 0 Å². The smallest absolute Gasteiger partial charge is 0.147 e. The maximum atomic E-state index is 2.60. The van der Waals surface area contributed by atoms with Crippen molar-refractivity contribution in [2.24, 2.45) is 0 Å². The fourth-order valence-corrected chi connectivity index (χ4v) is 67.9. The number of fused-ring (bicyclic) bond motifs is 4. The third-order valence-corrected chi connectivity index (χ3v) is 67.9. The predicted octanol–water partition coefficient (Wildman–Crippen LogP) is 12.2. The number of hydrogen-bond donors (Lipinski definition) is 0. The zero-order valence-electron chi connectivity index (χ0n) is 31.8. The van der Waals surface area contributed by atoms with Crippen LogP contribution in [0.3, 0.4) is 0 Å². The summed E-state index contributed by atoms with van der Waals surface area (Å²) in [5.74, 6) is 0. The first-order chi connectivity index (χ1) is 26.7. The normalized spacial score (nSPS) is 18.3. The maximum Gasteiger partial charge on any atom is -0.147 e. The largest absolute Gasteiger partial charge is 0.147 e. The summed E-state index contributed by atoms with van der Waals surface area (Å²) in [6, 6.07) is 59.1. The van der Waals surface area contributed by atoms with Crippen LogP contribution in [0.4, 0.5) is 0 Å². The van der Waals surface area contributed by atoms with Crippen molar-refractivity contribution in [2.75, 3.05) is 0 Å². The summed E-state index contributed by atoms with van der Waals surface area (Å²) in [5.41, 5.74) is 11.1. The molecule has 0 fully saturated rings. The first kappa shape index (κ1) is 41.2. The van der Waals surface area contributed by atoms with Crippen molar-refractivity contribution in [3.05, 3.63) is 227 Å². The SMILES string of the molecule is C[Si](c1ccccc1)=[Hf]([CH]1C=Cc2ccccc21)[CH]1C=Cc2ccccc21.C[Si](c1ccccc1)=[Hf]([CH]1C=Cc2ccccc21)[CH]1C=Cc2ccccc21.Cl.Cl. The van der Waals surface area contributed by atoms with E-state index < -0.39 is 51.1 Å². The van der Waals surface area contributed by atoms with Gasteiger partial charge in [-0.1, -0.05) is 0 Å². The molecule has 0 amide bonds. The van der Waals surface area contributed by atoms with E-state index in [-0.39, 0.29) is 24.8 Å². The van der Waals surface area contributed by atoms with Crippen molar-refractivity contribution in [1.82, 2.24) is 0 Å². The minimum absolute atomic E-state index is 0. The van der Waals surface area contributed by atoms with E-state index in [9.17, 15) is 0 Å². The summed E-state index contributed by atoms with van der Waals surface area (Å²) in [5, 5.41) is 3.25. The zero-order chi connectivity index (χ0) is 36.4. The summed E-state index contributed by atoms with van der Waals surface area (Å²) in [6.45, 7) is 5.21. The molecule has 0 bridgehead atoms. The van der Waals surface area contributed by atoms with Crippen LogP contribution < -0.4 is 10.4 Å². The first-order valence-corrected chi connectivity index (χ1v) is 42.3. The van der Waals surface area contributed by atoms with Gasteiger partial charge in [-0.15, -0.1) is 24.8 Å². The minimum atomic E-state index is -2.17. The van der Waals surface area contributed by atoms with Crippen LogP contribution in [-0.4, -0.2) is 11.0 Å². The van der Waals surface area contributed by atoms with Gasteiger partial charge in [-0.05, 0) is 0 Å². The number of hydrogen-bond acceptors (Lipinski definition) is 0. The molecule has 0 saturated carbocycles. The van der Waals surface area contributed by atoms with Gasteiger partial charge in [-0.3, -0.25) is 0 Å². The van der Waals surface area contributed by atoms with Crippen LogP contribution >= 0.6 is 24.8 Å². The summed E-state index contributed by atoms with van der Waals surface area (Å²) in [6.07, 6.45) is 19.8. The second kappa shape index (κ2) is 18.7. The molecule has 6 aromatic carbocycles. The average Bonchev–Trinajstić information content (AvgIpc) is 4.06. The fourth-order valence-electron chi connectivity index (χ4n) is 9.11. The van der Waals surface area contributed by atoms with Gasteiger partial charge >= 0.3 is 340 Å². The van der Waals surface area contributed by atoms with E-state index in [2.05, 4.69) is 219 Å². The molecule has 4 aliphatic rings. The Morgan fingerprint density at radius 1 is 0.321 bits per heavy atom. The Balaban J connectivity index is 0.000000166. The average molecular weight is 1130 g/mol. The molecular weight excluding hydrogens is 1080 g/mol. The number of allylic oxidation sites excluding steroid dienone is 4. The Morgan fingerprint density at radius 3 is 0.821 bits per heavy atom. The van der Waals surface area contributed by atoms with Crippen LogP contribution in [0.25, 0.3) is 24.3 Å². The van der Waals surface area contributed by atoms with Crippen molar-refractivity contribution >= 4 is 70.5 Å². The molecule has 276 valence electrons. The standard InChI is InChI=1S/4C9H7.2C7H8Si.2ClH.2Hf/c4*1-2-5-9-7-3-6-8(9)4-1;2*1-8-7-5-3-2-4-6-7;;;;/h4*1-7H;2*2-6H,1H3;2*1H;;. The Bertz CT molecular complexity index is 2250. The molecule has 6 heteroatoms. The topological polar surface area (TPSA) is 0 Å². The Labute approximate surface area is 361 Å². The second-order valence-electron chi connectivity index (χ2n) is 14.8. The van der Waals surface area contributed by atoms with E-state index in [0.29, 0.717) is 14.7 Å². The van der Waals surface area contributed by atoms with E-state index >= 15 is 0 Å². The molecule has 0 N–H and O–H groups in total. The van der Waals surface area contributed by atoms with Crippen LogP contribution in [0.15, 0.2) is 182 Å². The fraction of sp³-hybridized carbons (Fsp3) is 0.120. The van der Waals surface area contributed by atoms with Gasteiger partial charge in [0, 0.05) is 0 Å². The molecule has 0 heterocycles. The van der Waals surface area contributed by atoms with Gasteiger partial charge in [0.15, 0.2) is 0 Å². The summed E-state index contributed by atoms with van der Waals surface area (Å²) >= 11 is -4.33. The molecule has 0 spiro atoms. The molecule has 0 saturated heterocycles. The number of halogens is 2. The van der Waals surface area contributed by atoms with Gasteiger partial charge in [-0.2, -0.15) is 0 Å². The predicted molar refractivity (Wildman–Crippen MR) is 243 cm³/mol. The molecule has 0 radical (unpaired) electrons. The third-order valence-electron chi connectivity index (χ3n) is 11.8. The van der Waals surface area contributed by atoms with Gasteiger partial charge in [-0.25, -0.2) is 0 Å². The summed E-state index contributed by atoms with van der Waals surface area (Å²) < 4.78 is 2.80. The van der Waals surface area contributed by atoms with Gasteiger partial charge in [0.25, 0.3) is 0 Å². The van der Waals surface area contributed by atoms with Crippen LogP contribution in [-0.2, 0) is 40.1 Å². The van der Waals surface area contributed by atoms with Crippen LogP contribution in [0.2, 0.25) is 13.1 Å². The van der Waals surface area contributed by atoms with Crippen LogP contribution in [0.1, 0.15) is 59.2 Å². The molecule has 6 aromatic rings. The van der Waals surface area contributed by atoms with E-state index in [1.165, 1.54) is 22.3 Å². The molecule has 4 atom stereocenters. The second-order valence-corrected chi connectivity index (χ2v) is 59.5. The first-order valence-electron chi connectivity index (χ1n) is 19.3. The van der Waals surface area contributed by atoms with Gasteiger partial charge in [0.05, 0.1) is 0 Å². The summed E-state index contributed by atoms with van der Waals surface area (Å²) in [4.78, 5) is 0. The maximum absolute atomic E-state index is 2.60. The Kier molecular flexibility index (Phi) is 13.8. The molecule has 0 nitrogen and oxygen atoms in total. The van der Waals surface area contributed by atoms with Crippen molar-refractivity contribution in [3.63, 3.8) is 0 Å². The van der Waals surface area contributed by atoms with Crippen LogP contribution in [0, 0.1) is 0 Å². The molecule has 0 aromatic heterocycles. The zero-order valence-corrected chi connectivity index (χ0v) is 42.6. The van der Waals surface area contributed by atoms with Gasteiger partial charge in [0.1, 0.15) is 0 Å². The van der Waals surface area contributed by atoms with E-state index in [1.54, 1.807) is 32.6 Å². The van der Waals surface area contributed by atoms with Crippen molar-refractivity contribution in [2.45, 2.75) is 27.8 Å². The Morgan fingerprint density at radius 2 is 0.554 bits per heavy atom. The van der Waals surface area contributed by atoms with Crippen molar-refractivity contribution in [1.29, 1.82) is 0 Å². The molecule has 0 aliphatic heterocycles. The van der Waals surface area contributed by atoms with Gasteiger partial charge in [0.2, 0.25) is 0 Å². The number of benzene rings is 6. The van der Waals surface area contributed by atoms with E-state index in [1.807, 2.05) is 0 Å². The molecule has 4 unspecified atom stereocenters. The molecule has 4 aliphatic carbocycles. The van der Waals surface area contributed by atoms with Crippen molar-refractivity contribution < 1.29 is 40.1 Å². The minimum Gasteiger partial charge on any atom is -0.147 e. The monoisotopic (exact) mass is 1130 g/mol. The van der Waals surface area contributed by atoms with Crippen LogP contribution in [0.5, 0.6) is 0 Å². The molecule has 10 rings (SSSR count). The number of rotatable bonds is 6. The van der Waals surface area contributed by atoms with E-state index in [0.717, 1.165) is 0 Å². The Hall–Kier alpha value is -2.97.